The Morgan fingerprint density at radius 3 is 2.33 bits per heavy atom. The maximum absolute atomic E-state index is 12.4. The Labute approximate surface area is 120 Å². The maximum Gasteiger partial charge on any atom is 0.254 e. The molecule has 1 aromatic rings. The maximum atomic E-state index is 12.4. The number of morpholine rings is 1. The van der Waals surface area contributed by atoms with Crippen molar-refractivity contribution in [3.63, 3.8) is 0 Å². The van der Waals surface area contributed by atoms with E-state index in [2.05, 4.69) is 15.9 Å². The van der Waals surface area contributed by atoms with Crippen LogP contribution in [0.5, 0.6) is 0 Å². The van der Waals surface area contributed by atoms with E-state index in [1.807, 2.05) is 44.0 Å². The molecule has 0 radical (unpaired) electrons. The third-order valence-electron chi connectivity index (χ3n) is 2.80. The van der Waals surface area contributed by atoms with Crippen molar-refractivity contribution in [2.24, 2.45) is 0 Å². The third-order valence-corrected chi connectivity index (χ3v) is 4.30. The Kier molecular flexibility index (Phi) is 3.60. The first-order valence-electron chi connectivity index (χ1n) is 5.92. The first kappa shape index (κ1) is 14.0. The van der Waals surface area contributed by atoms with Crippen molar-refractivity contribution < 1.29 is 9.53 Å². The summed E-state index contributed by atoms with van der Waals surface area (Å²) in [6.45, 7) is 9.36. The second kappa shape index (κ2) is 4.62. The summed E-state index contributed by atoms with van der Waals surface area (Å²) in [4.78, 5) is 14.3. The SMILES string of the molecule is CC1(C)CN(C(=O)c2csc(Br)c2)CC(C)(C)O1. The smallest absolute Gasteiger partial charge is 0.254 e. The van der Waals surface area contributed by atoms with Gasteiger partial charge in [-0.3, -0.25) is 4.79 Å². The average Bonchev–Trinajstić information content (AvgIpc) is 2.58. The summed E-state index contributed by atoms with van der Waals surface area (Å²) in [5.41, 5.74) is 0.148. The molecule has 1 saturated heterocycles. The first-order valence-corrected chi connectivity index (χ1v) is 7.59. The molecule has 0 bridgehead atoms. The van der Waals surface area contributed by atoms with E-state index in [0.717, 1.165) is 9.35 Å². The Morgan fingerprint density at radius 2 is 1.89 bits per heavy atom. The molecule has 0 aromatic carbocycles. The van der Waals surface area contributed by atoms with Crippen LogP contribution in [0.1, 0.15) is 38.1 Å². The van der Waals surface area contributed by atoms with Crippen LogP contribution in [0.3, 0.4) is 0 Å². The van der Waals surface area contributed by atoms with Gasteiger partial charge in [-0.05, 0) is 49.7 Å². The van der Waals surface area contributed by atoms with Gasteiger partial charge in [0.15, 0.2) is 0 Å². The van der Waals surface area contributed by atoms with Crippen LogP contribution in [0, 0.1) is 0 Å². The molecule has 1 aliphatic heterocycles. The molecule has 1 fully saturated rings. The van der Waals surface area contributed by atoms with Crippen LogP contribution in [0.15, 0.2) is 15.2 Å². The summed E-state index contributed by atoms with van der Waals surface area (Å²) in [5.74, 6) is 0.0846. The van der Waals surface area contributed by atoms with Crippen LogP contribution in [0.4, 0.5) is 0 Å². The van der Waals surface area contributed by atoms with Gasteiger partial charge in [0.2, 0.25) is 0 Å². The number of rotatable bonds is 1. The Hall–Kier alpha value is -0.390. The standard InChI is InChI=1S/C13H18BrNO2S/c1-12(2)7-15(8-13(3,4)17-12)11(16)9-5-10(14)18-6-9/h5-6H,7-8H2,1-4H3. The van der Waals surface area contributed by atoms with Crippen molar-refractivity contribution in [2.45, 2.75) is 38.9 Å². The van der Waals surface area contributed by atoms with Gasteiger partial charge in [0, 0.05) is 18.5 Å². The number of hydrogen-bond donors (Lipinski definition) is 0. The van der Waals surface area contributed by atoms with E-state index in [1.165, 1.54) is 11.3 Å². The highest BCUT2D eigenvalue weighted by molar-refractivity contribution is 9.11. The Morgan fingerprint density at radius 1 is 1.33 bits per heavy atom. The fourth-order valence-corrected chi connectivity index (χ4v) is 3.67. The zero-order valence-electron chi connectivity index (χ0n) is 11.1. The van der Waals surface area contributed by atoms with Crippen LogP contribution in [-0.2, 0) is 4.74 Å². The molecule has 1 amide bonds. The van der Waals surface area contributed by atoms with Gasteiger partial charge < -0.3 is 9.64 Å². The quantitative estimate of drug-likeness (QED) is 0.787. The van der Waals surface area contributed by atoms with Crippen LogP contribution in [-0.4, -0.2) is 35.1 Å². The van der Waals surface area contributed by atoms with E-state index >= 15 is 0 Å². The number of ether oxygens (including phenoxy) is 1. The molecule has 0 N–H and O–H groups in total. The summed E-state index contributed by atoms with van der Waals surface area (Å²) in [5, 5.41) is 1.89. The van der Waals surface area contributed by atoms with Crippen LogP contribution in [0.2, 0.25) is 0 Å². The molecule has 0 atom stereocenters. The van der Waals surface area contributed by atoms with Gasteiger partial charge >= 0.3 is 0 Å². The number of amides is 1. The molecule has 2 heterocycles. The second-order valence-electron chi connectivity index (χ2n) is 5.92. The molecule has 0 spiro atoms. The van der Waals surface area contributed by atoms with E-state index < -0.39 is 0 Å². The number of halogens is 1. The predicted molar refractivity (Wildman–Crippen MR) is 77.2 cm³/mol. The topological polar surface area (TPSA) is 29.5 Å². The summed E-state index contributed by atoms with van der Waals surface area (Å²) in [6, 6.07) is 1.88. The van der Waals surface area contributed by atoms with Crippen molar-refractivity contribution in [2.75, 3.05) is 13.1 Å². The van der Waals surface area contributed by atoms with Gasteiger partial charge in [-0.25, -0.2) is 0 Å². The van der Waals surface area contributed by atoms with E-state index in [-0.39, 0.29) is 17.1 Å². The molecule has 1 aliphatic rings. The molecule has 0 saturated carbocycles. The number of thiophene rings is 1. The molecular formula is C13H18BrNO2S. The van der Waals surface area contributed by atoms with Gasteiger partial charge in [-0.1, -0.05) is 0 Å². The number of nitrogens with zero attached hydrogens (tertiary/aromatic N) is 1. The third kappa shape index (κ3) is 3.13. The van der Waals surface area contributed by atoms with Crippen LogP contribution < -0.4 is 0 Å². The zero-order chi connectivity index (χ0) is 13.6. The van der Waals surface area contributed by atoms with Gasteiger partial charge in [0.25, 0.3) is 5.91 Å². The van der Waals surface area contributed by atoms with Crippen LogP contribution >= 0.6 is 27.3 Å². The predicted octanol–water partition coefficient (Wildman–Crippen LogP) is 3.54. The number of carbonyl (C=O) groups is 1. The number of hydrogen-bond acceptors (Lipinski definition) is 3. The highest BCUT2D eigenvalue weighted by Gasteiger charge is 2.40. The molecule has 18 heavy (non-hydrogen) atoms. The van der Waals surface area contributed by atoms with E-state index in [4.69, 9.17) is 4.74 Å². The van der Waals surface area contributed by atoms with Gasteiger partial charge in [-0.2, -0.15) is 0 Å². The van der Waals surface area contributed by atoms with Crippen molar-refractivity contribution in [3.05, 3.63) is 20.8 Å². The lowest BCUT2D eigenvalue weighted by atomic mass is 9.98. The zero-order valence-corrected chi connectivity index (χ0v) is 13.5. The van der Waals surface area contributed by atoms with Crippen molar-refractivity contribution in [3.8, 4) is 0 Å². The highest BCUT2D eigenvalue weighted by Crippen LogP contribution is 2.30. The minimum absolute atomic E-state index is 0.0846. The van der Waals surface area contributed by atoms with E-state index in [0.29, 0.717) is 13.1 Å². The van der Waals surface area contributed by atoms with Gasteiger partial charge in [0.1, 0.15) is 0 Å². The molecule has 1 aromatic heterocycles. The normalized spacial score (nSPS) is 21.9. The lowest BCUT2D eigenvalue weighted by Gasteiger charge is -2.47. The van der Waals surface area contributed by atoms with E-state index in [9.17, 15) is 4.79 Å². The lowest BCUT2D eigenvalue weighted by Crippen LogP contribution is -2.58. The van der Waals surface area contributed by atoms with E-state index in [1.54, 1.807) is 0 Å². The molecule has 2 rings (SSSR count). The Bertz CT molecular complexity index is 451. The van der Waals surface area contributed by atoms with Gasteiger partial charge in [-0.15, -0.1) is 11.3 Å². The van der Waals surface area contributed by atoms with Crippen molar-refractivity contribution in [1.29, 1.82) is 0 Å². The molecule has 100 valence electrons. The van der Waals surface area contributed by atoms with Crippen molar-refractivity contribution >= 4 is 33.2 Å². The molecule has 0 aliphatic carbocycles. The second-order valence-corrected chi connectivity index (χ2v) is 8.21. The fraction of sp³-hybridized carbons (Fsp3) is 0.615. The van der Waals surface area contributed by atoms with Gasteiger partial charge in [0.05, 0.1) is 20.6 Å². The summed E-state index contributed by atoms with van der Waals surface area (Å²) >= 11 is 4.93. The monoisotopic (exact) mass is 331 g/mol. The molecule has 0 unspecified atom stereocenters. The summed E-state index contributed by atoms with van der Waals surface area (Å²) in [7, 11) is 0. The lowest BCUT2D eigenvalue weighted by molar-refractivity contribution is -0.171. The van der Waals surface area contributed by atoms with Crippen LogP contribution in [0.25, 0.3) is 0 Å². The minimum Gasteiger partial charge on any atom is -0.366 e. The fourth-order valence-electron chi connectivity index (χ4n) is 2.54. The first-order chi connectivity index (χ1) is 8.19. The molecule has 3 nitrogen and oxygen atoms in total. The number of carbonyl (C=O) groups excluding carboxylic acids is 1. The minimum atomic E-state index is -0.301. The summed E-state index contributed by atoms with van der Waals surface area (Å²) < 4.78 is 6.97. The Balaban J connectivity index is 2.20. The average molecular weight is 332 g/mol. The van der Waals surface area contributed by atoms with Crippen molar-refractivity contribution in [1.82, 2.24) is 4.90 Å². The molecular weight excluding hydrogens is 314 g/mol. The largest absolute Gasteiger partial charge is 0.366 e. The molecule has 5 heteroatoms. The summed E-state index contributed by atoms with van der Waals surface area (Å²) in [6.07, 6.45) is 0. The highest BCUT2D eigenvalue weighted by atomic mass is 79.9.